The summed E-state index contributed by atoms with van der Waals surface area (Å²) in [5.74, 6) is 0.868. The molecule has 0 aliphatic heterocycles. The maximum Gasteiger partial charge on any atom is 0.253 e. The Labute approximate surface area is 188 Å². The van der Waals surface area contributed by atoms with Crippen LogP contribution in [0.15, 0.2) is 29.3 Å². The number of hydrogen-bond donors (Lipinski definition) is 2. The van der Waals surface area contributed by atoms with E-state index < -0.39 is 0 Å². The topological polar surface area (TPSA) is 60.0 Å². The molecule has 0 atom stereocenters. The summed E-state index contributed by atoms with van der Waals surface area (Å²) in [5.41, 5.74) is 1.98. The molecule has 0 bridgehead atoms. The molecule has 2 N–H and O–H groups in total. The van der Waals surface area contributed by atoms with E-state index >= 15 is 0 Å². The minimum absolute atomic E-state index is 0. The van der Waals surface area contributed by atoms with Gasteiger partial charge in [0.15, 0.2) is 5.96 Å². The van der Waals surface area contributed by atoms with Crippen LogP contribution in [0.2, 0.25) is 0 Å². The number of carbonyl (C=O) groups excluding carboxylic acids is 1. The fourth-order valence-electron chi connectivity index (χ4n) is 2.98. The third-order valence-corrected chi connectivity index (χ3v) is 4.04. The van der Waals surface area contributed by atoms with Crippen LogP contribution in [0.25, 0.3) is 0 Å². The van der Waals surface area contributed by atoms with Crippen LogP contribution in [-0.4, -0.2) is 76.0 Å². The highest BCUT2D eigenvalue weighted by Gasteiger charge is 2.18. The lowest BCUT2D eigenvalue weighted by Crippen LogP contribution is -2.40. The molecule has 7 heteroatoms. The number of halogens is 1. The molecule has 1 aromatic carbocycles. The maximum atomic E-state index is 12.1. The van der Waals surface area contributed by atoms with E-state index in [9.17, 15) is 4.79 Å². The molecule has 0 saturated carbocycles. The lowest BCUT2D eigenvalue weighted by atomic mass is 9.93. The number of carbonyl (C=O) groups is 1. The smallest absolute Gasteiger partial charge is 0.253 e. The monoisotopic (exact) mass is 503 g/mol. The van der Waals surface area contributed by atoms with Crippen LogP contribution in [0.5, 0.6) is 0 Å². The molecule has 0 spiro atoms. The van der Waals surface area contributed by atoms with Crippen LogP contribution < -0.4 is 10.6 Å². The summed E-state index contributed by atoms with van der Waals surface area (Å²) < 4.78 is 0. The van der Waals surface area contributed by atoms with Gasteiger partial charge in [-0.1, -0.05) is 26.0 Å². The van der Waals surface area contributed by atoms with Gasteiger partial charge in [0, 0.05) is 45.8 Å². The first kappa shape index (κ1) is 26.6. The summed E-state index contributed by atoms with van der Waals surface area (Å²) >= 11 is 0. The van der Waals surface area contributed by atoms with Gasteiger partial charge in [-0.15, -0.1) is 24.0 Å². The summed E-state index contributed by atoms with van der Waals surface area (Å²) in [6, 6.07) is 7.82. The van der Waals surface area contributed by atoms with Crippen molar-refractivity contribution >= 4 is 35.8 Å². The quantitative estimate of drug-likeness (QED) is 0.309. The predicted octanol–water partition coefficient (Wildman–Crippen LogP) is 2.69. The van der Waals surface area contributed by atoms with Gasteiger partial charge < -0.3 is 20.4 Å². The molecule has 28 heavy (non-hydrogen) atoms. The third-order valence-electron chi connectivity index (χ3n) is 4.04. The molecule has 0 heterocycles. The number of amides is 1. The van der Waals surface area contributed by atoms with Crippen LogP contribution in [0.3, 0.4) is 0 Å². The van der Waals surface area contributed by atoms with Crippen molar-refractivity contribution in [1.29, 1.82) is 0 Å². The fraction of sp³-hybridized carbons (Fsp3) is 0.619. The van der Waals surface area contributed by atoms with Crippen LogP contribution >= 0.6 is 24.0 Å². The molecule has 0 radical (unpaired) electrons. The Morgan fingerprint density at radius 3 is 2.39 bits per heavy atom. The highest BCUT2D eigenvalue weighted by molar-refractivity contribution is 14.0. The van der Waals surface area contributed by atoms with Crippen LogP contribution in [0.4, 0.5) is 0 Å². The zero-order valence-electron chi connectivity index (χ0n) is 18.5. The van der Waals surface area contributed by atoms with E-state index in [1.807, 2.05) is 18.2 Å². The number of nitrogens with one attached hydrogen (secondary N) is 2. The summed E-state index contributed by atoms with van der Waals surface area (Å²) in [6.45, 7) is 9.86. The molecular formula is C21H38IN5O. The van der Waals surface area contributed by atoms with Crippen LogP contribution in [0.1, 0.15) is 36.7 Å². The largest absolute Gasteiger partial charge is 0.357 e. The van der Waals surface area contributed by atoms with Crippen molar-refractivity contribution in [3.63, 3.8) is 0 Å². The van der Waals surface area contributed by atoms with Gasteiger partial charge in [0.05, 0.1) is 0 Å². The highest BCUT2D eigenvalue weighted by Crippen LogP contribution is 2.16. The Balaban J connectivity index is 0.00000729. The fourth-order valence-corrected chi connectivity index (χ4v) is 2.98. The average Bonchev–Trinajstić information content (AvgIpc) is 2.58. The molecular weight excluding hydrogens is 465 g/mol. The van der Waals surface area contributed by atoms with Crippen LogP contribution in [-0.2, 0) is 6.42 Å². The molecule has 1 amide bonds. The summed E-state index contributed by atoms with van der Waals surface area (Å²) in [7, 11) is 7.72. The van der Waals surface area contributed by atoms with E-state index in [1.54, 1.807) is 19.0 Å². The average molecular weight is 503 g/mol. The van der Waals surface area contributed by atoms with Gasteiger partial charge in [-0.3, -0.25) is 9.79 Å². The predicted molar refractivity (Wildman–Crippen MR) is 130 cm³/mol. The molecule has 0 unspecified atom stereocenters. The lowest BCUT2D eigenvalue weighted by Gasteiger charge is -2.26. The van der Waals surface area contributed by atoms with E-state index in [0.717, 1.165) is 49.7 Å². The molecule has 0 aliphatic carbocycles. The molecule has 6 nitrogen and oxygen atoms in total. The van der Waals surface area contributed by atoms with E-state index in [-0.39, 0.29) is 35.3 Å². The van der Waals surface area contributed by atoms with Crippen molar-refractivity contribution in [3.05, 3.63) is 35.4 Å². The number of benzene rings is 1. The molecule has 1 rings (SSSR count). The number of nitrogens with zero attached hydrogens (tertiary/aromatic N) is 3. The van der Waals surface area contributed by atoms with E-state index in [1.165, 1.54) is 0 Å². The van der Waals surface area contributed by atoms with E-state index in [4.69, 9.17) is 4.99 Å². The molecule has 160 valence electrons. The minimum atomic E-state index is 0. The van der Waals surface area contributed by atoms with Crippen molar-refractivity contribution < 1.29 is 4.79 Å². The number of guanidine groups is 1. The molecule has 1 aromatic rings. The van der Waals surface area contributed by atoms with Gasteiger partial charge in [0.25, 0.3) is 5.91 Å². The SMILES string of the molecule is CCNC(=NCC(C)(C)CN(C)C)NCCc1cccc(C(=O)N(C)C)c1.I. The van der Waals surface area contributed by atoms with Crippen molar-refractivity contribution in [2.75, 3.05) is 54.4 Å². The van der Waals surface area contributed by atoms with Crippen molar-refractivity contribution in [2.45, 2.75) is 27.2 Å². The number of hydrogen-bond acceptors (Lipinski definition) is 3. The molecule has 0 fully saturated rings. The second-order valence-electron chi connectivity index (χ2n) is 8.17. The Hall–Kier alpha value is -1.35. The normalized spacial score (nSPS) is 11.8. The maximum absolute atomic E-state index is 12.1. The van der Waals surface area contributed by atoms with Crippen molar-refractivity contribution in [1.82, 2.24) is 20.4 Å². The summed E-state index contributed by atoms with van der Waals surface area (Å²) in [4.78, 5) is 20.6. The third kappa shape index (κ3) is 10.3. The summed E-state index contributed by atoms with van der Waals surface area (Å²) in [6.07, 6.45) is 0.833. The Kier molecular flexibility index (Phi) is 12.4. The molecule has 0 aromatic heterocycles. The zero-order valence-corrected chi connectivity index (χ0v) is 20.8. The lowest BCUT2D eigenvalue weighted by molar-refractivity contribution is 0.0827. The second kappa shape index (κ2) is 13.0. The van der Waals surface area contributed by atoms with Gasteiger partial charge >= 0.3 is 0 Å². The zero-order chi connectivity index (χ0) is 20.4. The van der Waals surface area contributed by atoms with E-state index in [2.05, 4.69) is 56.5 Å². The van der Waals surface area contributed by atoms with Gasteiger partial charge in [-0.2, -0.15) is 0 Å². The second-order valence-corrected chi connectivity index (χ2v) is 8.17. The first-order valence-electron chi connectivity index (χ1n) is 9.62. The molecule has 0 aliphatic rings. The Morgan fingerprint density at radius 1 is 1.14 bits per heavy atom. The number of rotatable bonds is 9. The first-order chi connectivity index (χ1) is 12.6. The van der Waals surface area contributed by atoms with Gasteiger partial charge in [0.2, 0.25) is 0 Å². The summed E-state index contributed by atoms with van der Waals surface area (Å²) in [5, 5.41) is 6.70. The minimum Gasteiger partial charge on any atom is -0.357 e. The van der Waals surface area contributed by atoms with Gasteiger partial charge in [0.1, 0.15) is 0 Å². The Bertz CT molecular complexity index is 629. The van der Waals surface area contributed by atoms with Gasteiger partial charge in [-0.25, -0.2) is 0 Å². The highest BCUT2D eigenvalue weighted by atomic mass is 127. The van der Waals surface area contributed by atoms with E-state index in [0.29, 0.717) is 0 Å². The Morgan fingerprint density at radius 2 is 1.82 bits per heavy atom. The number of aliphatic imine (C=N–C) groups is 1. The first-order valence-corrected chi connectivity index (χ1v) is 9.62. The molecule has 0 saturated heterocycles. The standard InChI is InChI=1S/C21H37N5O.HI/c1-8-22-20(24-15-21(2,3)16-25(4)5)23-13-12-17-10-9-11-18(14-17)19(27)26(6)7;/h9-11,14H,8,12-13,15-16H2,1-7H3,(H2,22,23,24);1H. The van der Waals surface area contributed by atoms with Gasteiger partial charge in [-0.05, 0) is 50.6 Å². The van der Waals surface area contributed by atoms with Crippen molar-refractivity contribution in [2.24, 2.45) is 10.4 Å². The van der Waals surface area contributed by atoms with Crippen molar-refractivity contribution in [3.8, 4) is 0 Å². The van der Waals surface area contributed by atoms with Crippen LogP contribution in [0, 0.1) is 5.41 Å².